The second-order valence-corrected chi connectivity index (χ2v) is 10.7. The minimum absolute atomic E-state index is 0.0698. The fraction of sp³-hybridized carbons (Fsp3) is 0.531. The molecule has 1 saturated heterocycles. The Labute approximate surface area is 218 Å². The SMILES string of the molecule is CCCCC(CC)CNC(=O)c1cn(CCCN2CCC(Cc3ccccc3)CC2)c2ccccc12. The van der Waals surface area contributed by atoms with Crippen LogP contribution in [0.5, 0.6) is 0 Å². The lowest BCUT2D eigenvalue weighted by molar-refractivity contribution is 0.0947. The molecule has 194 valence electrons. The second-order valence-electron chi connectivity index (χ2n) is 10.7. The monoisotopic (exact) mass is 487 g/mol. The molecule has 1 aliphatic rings. The first-order valence-corrected chi connectivity index (χ1v) is 14.3. The predicted octanol–water partition coefficient (Wildman–Crippen LogP) is 6.93. The van der Waals surface area contributed by atoms with E-state index in [0.29, 0.717) is 5.92 Å². The molecule has 0 aliphatic carbocycles. The van der Waals surface area contributed by atoms with Crippen molar-refractivity contribution in [2.24, 2.45) is 11.8 Å². The van der Waals surface area contributed by atoms with Crippen LogP contribution in [-0.2, 0) is 13.0 Å². The summed E-state index contributed by atoms with van der Waals surface area (Å²) in [7, 11) is 0. The van der Waals surface area contributed by atoms with Gasteiger partial charge in [-0.2, -0.15) is 0 Å². The number of aryl methyl sites for hydroxylation is 1. The minimum atomic E-state index is 0.0698. The van der Waals surface area contributed by atoms with Gasteiger partial charge in [0.25, 0.3) is 5.91 Å². The van der Waals surface area contributed by atoms with Gasteiger partial charge in [-0.15, -0.1) is 0 Å². The summed E-state index contributed by atoms with van der Waals surface area (Å²) in [6, 6.07) is 19.3. The molecule has 1 atom stereocenters. The number of carbonyl (C=O) groups is 1. The zero-order chi connectivity index (χ0) is 25.2. The van der Waals surface area contributed by atoms with Crippen molar-refractivity contribution in [2.45, 2.75) is 71.8 Å². The Kier molecular flexibility index (Phi) is 10.0. The van der Waals surface area contributed by atoms with Gasteiger partial charge in [0.1, 0.15) is 0 Å². The molecule has 1 N–H and O–H groups in total. The third-order valence-electron chi connectivity index (χ3n) is 8.08. The van der Waals surface area contributed by atoms with Crippen molar-refractivity contribution in [3.8, 4) is 0 Å². The van der Waals surface area contributed by atoms with E-state index in [0.717, 1.165) is 49.3 Å². The lowest BCUT2D eigenvalue weighted by Gasteiger charge is -2.32. The first-order valence-electron chi connectivity index (χ1n) is 14.3. The van der Waals surface area contributed by atoms with Gasteiger partial charge in [0.05, 0.1) is 5.56 Å². The summed E-state index contributed by atoms with van der Waals surface area (Å²) in [6.07, 6.45) is 11.8. The number of hydrogen-bond acceptors (Lipinski definition) is 2. The van der Waals surface area contributed by atoms with Crippen LogP contribution >= 0.6 is 0 Å². The number of fused-ring (bicyclic) bond motifs is 1. The predicted molar refractivity (Wildman–Crippen MR) is 152 cm³/mol. The minimum Gasteiger partial charge on any atom is -0.352 e. The van der Waals surface area contributed by atoms with Gasteiger partial charge >= 0.3 is 0 Å². The molecule has 1 fully saturated rings. The molecule has 36 heavy (non-hydrogen) atoms. The van der Waals surface area contributed by atoms with Gasteiger partial charge in [-0.25, -0.2) is 0 Å². The summed E-state index contributed by atoms with van der Waals surface area (Å²) in [5, 5.41) is 4.30. The van der Waals surface area contributed by atoms with Crippen LogP contribution in [0.15, 0.2) is 60.8 Å². The van der Waals surface area contributed by atoms with Crippen LogP contribution in [0.3, 0.4) is 0 Å². The van der Waals surface area contributed by atoms with Crippen LogP contribution < -0.4 is 5.32 Å². The Morgan fingerprint density at radius 1 is 0.972 bits per heavy atom. The smallest absolute Gasteiger partial charge is 0.253 e. The van der Waals surface area contributed by atoms with Gasteiger partial charge in [-0.1, -0.05) is 81.6 Å². The molecule has 0 spiro atoms. The molecule has 1 unspecified atom stereocenters. The average Bonchev–Trinajstić information content (AvgIpc) is 3.29. The van der Waals surface area contributed by atoms with Crippen LogP contribution in [0.1, 0.15) is 74.7 Å². The van der Waals surface area contributed by atoms with E-state index in [4.69, 9.17) is 0 Å². The Morgan fingerprint density at radius 2 is 1.72 bits per heavy atom. The van der Waals surface area contributed by atoms with E-state index >= 15 is 0 Å². The quantitative estimate of drug-likeness (QED) is 0.284. The molecule has 0 bridgehead atoms. The number of amides is 1. The molecule has 2 heterocycles. The highest BCUT2D eigenvalue weighted by Crippen LogP contribution is 2.24. The van der Waals surface area contributed by atoms with Gasteiger partial charge in [0, 0.05) is 30.2 Å². The molecule has 4 heteroatoms. The van der Waals surface area contributed by atoms with Gasteiger partial charge in [-0.3, -0.25) is 4.79 Å². The van der Waals surface area contributed by atoms with E-state index in [1.165, 1.54) is 62.7 Å². The third-order valence-corrected chi connectivity index (χ3v) is 8.08. The molecule has 4 rings (SSSR count). The van der Waals surface area contributed by atoms with Crippen molar-refractivity contribution in [3.05, 3.63) is 71.9 Å². The number of nitrogens with one attached hydrogen (secondary N) is 1. The third kappa shape index (κ3) is 7.22. The largest absolute Gasteiger partial charge is 0.352 e. The van der Waals surface area contributed by atoms with E-state index in [1.54, 1.807) is 0 Å². The molecule has 1 amide bonds. The van der Waals surface area contributed by atoms with E-state index in [1.807, 2.05) is 6.07 Å². The molecule has 0 radical (unpaired) electrons. The van der Waals surface area contributed by atoms with E-state index in [-0.39, 0.29) is 5.91 Å². The van der Waals surface area contributed by atoms with Gasteiger partial charge in [0.15, 0.2) is 0 Å². The maximum atomic E-state index is 13.1. The number of rotatable bonds is 13. The van der Waals surface area contributed by atoms with Gasteiger partial charge in [-0.05, 0) is 75.2 Å². The molecule has 0 saturated carbocycles. The van der Waals surface area contributed by atoms with Gasteiger partial charge < -0.3 is 14.8 Å². The zero-order valence-electron chi connectivity index (χ0n) is 22.4. The number of hydrogen-bond donors (Lipinski definition) is 1. The highest BCUT2D eigenvalue weighted by atomic mass is 16.1. The first kappa shape index (κ1) is 26.5. The number of piperidine rings is 1. The number of nitrogens with zero attached hydrogens (tertiary/aromatic N) is 2. The van der Waals surface area contributed by atoms with Crippen LogP contribution in [-0.4, -0.2) is 41.6 Å². The number of unbranched alkanes of at least 4 members (excludes halogenated alkanes) is 1. The molecule has 4 nitrogen and oxygen atoms in total. The van der Waals surface area contributed by atoms with Crippen molar-refractivity contribution in [3.63, 3.8) is 0 Å². The summed E-state index contributed by atoms with van der Waals surface area (Å²) < 4.78 is 2.29. The van der Waals surface area contributed by atoms with E-state index in [2.05, 4.69) is 83.4 Å². The Balaban J connectivity index is 1.28. The number of benzene rings is 2. The standard InChI is InChI=1S/C32H45N3O/c1-3-5-12-26(4-2)24-33-32(36)30-25-35(31-16-10-9-15-29(30)31)20-11-19-34-21-17-28(18-22-34)23-27-13-7-6-8-14-27/h6-10,13-16,25-26,28H,3-5,11-12,17-24H2,1-2H3,(H,33,36). The highest BCUT2D eigenvalue weighted by molar-refractivity contribution is 6.07. The Hall–Kier alpha value is -2.59. The van der Waals surface area contributed by atoms with E-state index < -0.39 is 0 Å². The van der Waals surface area contributed by atoms with Crippen LogP contribution in [0.25, 0.3) is 10.9 Å². The zero-order valence-corrected chi connectivity index (χ0v) is 22.4. The summed E-state index contributed by atoms with van der Waals surface area (Å²) in [5.74, 6) is 1.45. The highest BCUT2D eigenvalue weighted by Gasteiger charge is 2.20. The van der Waals surface area contributed by atoms with Crippen LogP contribution in [0, 0.1) is 11.8 Å². The number of aromatic nitrogens is 1. The fourth-order valence-corrected chi connectivity index (χ4v) is 5.71. The number of carbonyl (C=O) groups excluding carboxylic acids is 1. The first-order chi connectivity index (χ1) is 17.7. The normalized spacial score (nSPS) is 15.8. The maximum Gasteiger partial charge on any atom is 0.253 e. The Morgan fingerprint density at radius 3 is 2.47 bits per heavy atom. The molecule has 2 aromatic carbocycles. The average molecular weight is 488 g/mol. The topological polar surface area (TPSA) is 37.3 Å². The van der Waals surface area contributed by atoms with Crippen LogP contribution in [0.2, 0.25) is 0 Å². The van der Waals surface area contributed by atoms with Crippen molar-refractivity contribution < 1.29 is 4.79 Å². The summed E-state index contributed by atoms with van der Waals surface area (Å²) in [6.45, 7) is 9.71. The summed E-state index contributed by atoms with van der Waals surface area (Å²) >= 11 is 0. The second kappa shape index (κ2) is 13.6. The van der Waals surface area contributed by atoms with Crippen molar-refractivity contribution in [1.82, 2.24) is 14.8 Å². The Bertz CT molecular complexity index is 1070. The van der Waals surface area contributed by atoms with Crippen molar-refractivity contribution >= 4 is 16.8 Å². The summed E-state index contributed by atoms with van der Waals surface area (Å²) in [5.41, 5.74) is 3.46. The van der Waals surface area contributed by atoms with Crippen molar-refractivity contribution in [2.75, 3.05) is 26.2 Å². The molecule has 1 aromatic heterocycles. The fourth-order valence-electron chi connectivity index (χ4n) is 5.71. The molecule has 1 aliphatic heterocycles. The lowest BCUT2D eigenvalue weighted by atomic mass is 9.90. The molecular formula is C32H45N3O. The lowest BCUT2D eigenvalue weighted by Crippen LogP contribution is -2.35. The van der Waals surface area contributed by atoms with Gasteiger partial charge in [0.2, 0.25) is 0 Å². The number of para-hydroxylation sites is 1. The van der Waals surface area contributed by atoms with Crippen LogP contribution in [0.4, 0.5) is 0 Å². The summed E-state index contributed by atoms with van der Waals surface area (Å²) in [4.78, 5) is 15.7. The van der Waals surface area contributed by atoms with E-state index in [9.17, 15) is 4.79 Å². The molecular weight excluding hydrogens is 442 g/mol. The van der Waals surface area contributed by atoms with Crippen molar-refractivity contribution in [1.29, 1.82) is 0 Å². The molecule has 3 aromatic rings. The maximum absolute atomic E-state index is 13.1. The number of likely N-dealkylation sites (tertiary alicyclic amines) is 1.